The van der Waals surface area contributed by atoms with Crippen molar-refractivity contribution in [2.24, 2.45) is 0 Å². The lowest BCUT2D eigenvalue weighted by Gasteiger charge is -2.26. The van der Waals surface area contributed by atoms with Gasteiger partial charge in [0.15, 0.2) is 6.29 Å². The molecule has 1 heterocycles. The summed E-state index contributed by atoms with van der Waals surface area (Å²) < 4.78 is 16.6. The number of nitrogens with zero attached hydrogens (tertiary/aromatic N) is 1. The number of alkyl halides is 1. The molecule has 1 aliphatic rings. The van der Waals surface area contributed by atoms with Crippen LogP contribution in [-0.2, 0) is 19.0 Å². The number of halogens is 1. The Kier molecular flexibility index (Phi) is 6.20. The Balaban J connectivity index is 2.14. The highest BCUT2D eigenvalue weighted by Gasteiger charge is 2.35. The minimum Gasteiger partial charge on any atom is -0.357 e. The molecule has 0 spiro atoms. The van der Waals surface area contributed by atoms with Gasteiger partial charge < -0.3 is 19.1 Å². The van der Waals surface area contributed by atoms with E-state index in [0.29, 0.717) is 0 Å². The van der Waals surface area contributed by atoms with Crippen molar-refractivity contribution in [3.63, 3.8) is 0 Å². The van der Waals surface area contributed by atoms with Gasteiger partial charge in [0.25, 0.3) is 5.91 Å². The van der Waals surface area contributed by atoms with E-state index in [1.165, 1.54) is 12.0 Å². The lowest BCUT2D eigenvalue weighted by molar-refractivity contribution is -0.126. The molecule has 0 aliphatic carbocycles. The maximum Gasteiger partial charge on any atom is 0.271 e. The fourth-order valence-corrected chi connectivity index (χ4v) is 2.60. The number of amides is 1. The van der Waals surface area contributed by atoms with Crippen molar-refractivity contribution in [1.29, 1.82) is 0 Å². The van der Waals surface area contributed by atoms with Gasteiger partial charge in [0, 0.05) is 12.8 Å². The first-order valence-corrected chi connectivity index (χ1v) is 7.84. The van der Waals surface area contributed by atoms with Gasteiger partial charge in [0.2, 0.25) is 5.56 Å². The van der Waals surface area contributed by atoms with Crippen molar-refractivity contribution in [2.75, 3.05) is 18.6 Å². The molecule has 1 aromatic carbocycles. The van der Waals surface area contributed by atoms with Crippen molar-refractivity contribution < 1.29 is 19.0 Å². The van der Waals surface area contributed by atoms with Crippen LogP contribution in [0.4, 0.5) is 5.69 Å². The number of carbonyl (C=O) groups is 1. The average Bonchev–Trinajstić information content (AvgIpc) is 2.91. The minimum atomic E-state index is -1.04. The number of ether oxygens (including phenoxy) is 3. The zero-order valence-electron chi connectivity index (χ0n) is 13.1. The SMILES string of the molecule is CCC1OC(CN(C(=O)C(Cl)OC)c2ccccc2)OC1C. The topological polar surface area (TPSA) is 48.0 Å². The first-order valence-electron chi connectivity index (χ1n) is 7.41. The fourth-order valence-electron chi connectivity index (χ4n) is 2.48. The van der Waals surface area contributed by atoms with E-state index < -0.39 is 11.9 Å². The smallest absolute Gasteiger partial charge is 0.271 e. The number of hydrogen-bond donors (Lipinski definition) is 0. The maximum atomic E-state index is 12.5. The number of hydrogen-bond acceptors (Lipinski definition) is 4. The molecule has 1 saturated heterocycles. The second kappa shape index (κ2) is 7.92. The van der Waals surface area contributed by atoms with Crippen LogP contribution in [0.3, 0.4) is 0 Å². The third-order valence-electron chi connectivity index (χ3n) is 3.69. The van der Waals surface area contributed by atoms with E-state index in [2.05, 4.69) is 0 Å². The normalized spacial score (nSPS) is 25.9. The van der Waals surface area contributed by atoms with Gasteiger partial charge in [-0.3, -0.25) is 4.79 Å². The van der Waals surface area contributed by atoms with Crippen LogP contribution >= 0.6 is 11.6 Å². The number of methoxy groups -OCH3 is 1. The van der Waals surface area contributed by atoms with E-state index in [9.17, 15) is 4.79 Å². The minimum absolute atomic E-state index is 0.0111. The van der Waals surface area contributed by atoms with Crippen LogP contribution < -0.4 is 4.90 Å². The molecule has 1 aromatic rings. The third kappa shape index (κ3) is 3.98. The highest BCUT2D eigenvalue weighted by molar-refractivity contribution is 6.31. The Morgan fingerprint density at radius 1 is 1.36 bits per heavy atom. The van der Waals surface area contributed by atoms with Crippen molar-refractivity contribution >= 4 is 23.2 Å². The quantitative estimate of drug-likeness (QED) is 0.754. The standard InChI is InChI=1S/C16H22ClNO4/c1-4-13-11(2)21-14(22-13)10-18(16(19)15(17)20-3)12-8-6-5-7-9-12/h5-9,11,13-15H,4,10H2,1-3H3. The van der Waals surface area contributed by atoms with Crippen LogP contribution in [0.2, 0.25) is 0 Å². The average molecular weight is 328 g/mol. The highest BCUT2D eigenvalue weighted by Crippen LogP contribution is 2.24. The summed E-state index contributed by atoms with van der Waals surface area (Å²) in [6.07, 6.45) is 0.460. The van der Waals surface area contributed by atoms with Gasteiger partial charge in [-0.2, -0.15) is 0 Å². The fraction of sp³-hybridized carbons (Fsp3) is 0.562. The summed E-state index contributed by atoms with van der Waals surface area (Å²) in [6, 6.07) is 9.29. The molecule has 122 valence electrons. The van der Waals surface area contributed by atoms with Crippen LogP contribution in [0.25, 0.3) is 0 Å². The number of rotatable bonds is 6. The summed E-state index contributed by atoms with van der Waals surface area (Å²) in [5.41, 5.74) is -0.309. The zero-order chi connectivity index (χ0) is 16.1. The largest absolute Gasteiger partial charge is 0.357 e. The van der Waals surface area contributed by atoms with Crippen LogP contribution in [0, 0.1) is 0 Å². The van der Waals surface area contributed by atoms with Crippen LogP contribution in [0.5, 0.6) is 0 Å². The van der Waals surface area contributed by atoms with Gasteiger partial charge in [-0.05, 0) is 25.5 Å². The Morgan fingerprint density at radius 2 is 2.05 bits per heavy atom. The molecular formula is C16H22ClNO4. The lowest BCUT2D eigenvalue weighted by Crippen LogP contribution is -2.42. The van der Waals surface area contributed by atoms with Gasteiger partial charge in [-0.15, -0.1) is 0 Å². The molecule has 4 atom stereocenters. The first kappa shape index (κ1) is 17.2. The van der Waals surface area contributed by atoms with Crippen LogP contribution in [0.15, 0.2) is 30.3 Å². The molecule has 0 saturated carbocycles. The highest BCUT2D eigenvalue weighted by atomic mass is 35.5. The van der Waals surface area contributed by atoms with Gasteiger partial charge in [-0.1, -0.05) is 36.7 Å². The van der Waals surface area contributed by atoms with Gasteiger partial charge in [0.1, 0.15) is 0 Å². The lowest BCUT2D eigenvalue weighted by atomic mass is 10.2. The van der Waals surface area contributed by atoms with E-state index in [1.54, 1.807) is 0 Å². The van der Waals surface area contributed by atoms with E-state index in [4.69, 9.17) is 25.8 Å². The summed E-state index contributed by atoms with van der Waals surface area (Å²) in [7, 11) is 1.40. The van der Waals surface area contributed by atoms with Crippen molar-refractivity contribution in [3.05, 3.63) is 30.3 Å². The predicted molar refractivity (Wildman–Crippen MR) is 84.9 cm³/mol. The Hall–Kier alpha value is -1.14. The molecule has 22 heavy (non-hydrogen) atoms. The molecule has 2 rings (SSSR count). The van der Waals surface area contributed by atoms with Crippen molar-refractivity contribution in [2.45, 2.75) is 44.3 Å². The number of anilines is 1. The third-order valence-corrected chi connectivity index (χ3v) is 4.05. The molecule has 4 unspecified atom stereocenters. The van der Waals surface area contributed by atoms with Gasteiger partial charge >= 0.3 is 0 Å². The summed E-state index contributed by atoms with van der Waals surface area (Å²) in [5, 5.41) is 0. The van der Waals surface area contributed by atoms with Crippen molar-refractivity contribution in [3.8, 4) is 0 Å². The second-order valence-corrected chi connectivity index (χ2v) is 5.59. The second-order valence-electron chi connectivity index (χ2n) is 5.19. The van der Waals surface area contributed by atoms with Crippen LogP contribution in [0.1, 0.15) is 20.3 Å². The summed E-state index contributed by atoms with van der Waals surface area (Å²) in [6.45, 7) is 4.30. The van der Waals surface area contributed by atoms with Gasteiger partial charge in [-0.25, -0.2) is 0 Å². The van der Waals surface area contributed by atoms with E-state index in [0.717, 1.165) is 12.1 Å². The summed E-state index contributed by atoms with van der Waals surface area (Å²) in [4.78, 5) is 14.0. The molecular weight excluding hydrogens is 306 g/mol. The summed E-state index contributed by atoms with van der Waals surface area (Å²) in [5.74, 6) is -0.338. The Morgan fingerprint density at radius 3 is 2.59 bits per heavy atom. The zero-order valence-corrected chi connectivity index (χ0v) is 13.8. The molecule has 0 aromatic heterocycles. The number of carbonyl (C=O) groups excluding carboxylic acids is 1. The maximum absolute atomic E-state index is 12.5. The molecule has 0 N–H and O–H groups in total. The molecule has 0 bridgehead atoms. The molecule has 1 aliphatic heterocycles. The predicted octanol–water partition coefficient (Wildman–Crippen LogP) is 2.77. The van der Waals surface area contributed by atoms with E-state index in [-0.39, 0.29) is 24.7 Å². The summed E-state index contributed by atoms with van der Waals surface area (Å²) >= 11 is 5.94. The number of para-hydroxylation sites is 1. The van der Waals surface area contributed by atoms with Crippen molar-refractivity contribution in [1.82, 2.24) is 0 Å². The van der Waals surface area contributed by atoms with Gasteiger partial charge in [0.05, 0.1) is 18.8 Å². The van der Waals surface area contributed by atoms with E-state index >= 15 is 0 Å². The first-order chi connectivity index (χ1) is 10.6. The molecule has 5 nitrogen and oxygen atoms in total. The number of benzene rings is 1. The monoisotopic (exact) mass is 327 g/mol. The molecule has 0 radical (unpaired) electrons. The molecule has 1 fully saturated rings. The van der Waals surface area contributed by atoms with Crippen LogP contribution in [-0.4, -0.2) is 43.6 Å². The molecule has 1 amide bonds. The Bertz CT molecular complexity index is 484. The Labute approximate surface area is 136 Å². The molecule has 6 heteroatoms. The van der Waals surface area contributed by atoms with E-state index in [1.807, 2.05) is 44.2 Å².